The van der Waals surface area contributed by atoms with E-state index in [0.29, 0.717) is 6.04 Å². The average Bonchev–Trinajstić information content (AvgIpc) is 0.811. The first-order chi connectivity index (χ1) is 1.73. The Bertz CT molecular complexity index is 20.0. The molecule has 0 aliphatic heterocycles. The Labute approximate surface area is 77.6 Å². The Morgan fingerprint density at radius 1 is 1.12 bits per heavy atom. The summed E-state index contributed by atoms with van der Waals surface area (Å²) in [5, 5.41) is 0. The zero-order valence-electron chi connectivity index (χ0n) is 4.93. The Morgan fingerprint density at radius 3 is 1.12 bits per heavy atom. The van der Waals surface area contributed by atoms with E-state index in [1.807, 2.05) is 13.8 Å². The summed E-state index contributed by atoms with van der Waals surface area (Å²) in [6.07, 6.45) is 0. The van der Waals surface area contributed by atoms with Crippen LogP contribution in [0.2, 0.25) is 0 Å². The molecule has 0 saturated carbocycles. The van der Waals surface area contributed by atoms with Crippen molar-refractivity contribution in [1.82, 2.24) is 6.15 Å². The summed E-state index contributed by atoms with van der Waals surface area (Å²) in [4.78, 5) is 0. The van der Waals surface area contributed by atoms with Gasteiger partial charge in [0.25, 0.3) is 0 Å². The Kier molecular flexibility index (Phi) is 106. The van der Waals surface area contributed by atoms with Crippen molar-refractivity contribution >= 4 is 0 Å². The first-order valence-electron chi connectivity index (χ1n) is 1.49. The fourth-order valence-electron chi connectivity index (χ4n) is 0. The van der Waals surface area contributed by atoms with Gasteiger partial charge in [-0.05, 0) is 6.04 Å². The van der Waals surface area contributed by atoms with Crippen molar-refractivity contribution in [1.29, 1.82) is 0 Å². The van der Waals surface area contributed by atoms with Gasteiger partial charge in [-0.1, -0.05) is 13.8 Å². The summed E-state index contributed by atoms with van der Waals surface area (Å²) in [5.74, 6) is 0. The molecule has 0 fully saturated rings. The molecule has 0 aliphatic rings. The molecule has 5 N–H and O–H groups in total. The van der Waals surface area contributed by atoms with Crippen LogP contribution in [-0.4, -0.2) is 6.04 Å². The van der Waals surface area contributed by atoms with Gasteiger partial charge in [-0.25, -0.2) is 0 Å². The first kappa shape index (κ1) is 35.1. The monoisotopic (exact) mass is 341 g/mol. The third-order valence-electron chi connectivity index (χ3n) is 0. The molecule has 58 valence electrons. The maximum Gasteiger partial charge on any atom is 2.00 e. The van der Waals surface area contributed by atoms with E-state index in [9.17, 15) is 0 Å². The first-order valence-corrected chi connectivity index (χ1v) is 1.49. The number of nitrogens with two attached hydrogens (primary N) is 1. The molecule has 0 rings (SSSR count). The molecule has 0 aromatic carbocycles. The minimum absolute atomic E-state index is 0. The van der Waals surface area contributed by atoms with Crippen LogP contribution in [-0.2, 0) is 21.1 Å². The number of rotatable bonds is 0. The van der Waals surface area contributed by atoms with E-state index < -0.39 is 0 Å². The predicted octanol–water partition coefficient (Wildman–Crippen LogP) is -5.48. The molecule has 0 aliphatic carbocycles. The second-order valence-corrected chi connectivity index (χ2v) is 1.24. The van der Waals surface area contributed by atoms with Crippen molar-refractivity contribution < 1.29 is 45.9 Å². The van der Waals surface area contributed by atoms with Gasteiger partial charge >= 0.3 is 21.1 Å². The largest absolute Gasteiger partial charge is 2.00 e. The molecule has 8 heavy (non-hydrogen) atoms. The molecule has 0 unspecified atom stereocenters. The van der Waals surface area contributed by atoms with E-state index >= 15 is 0 Å². The summed E-state index contributed by atoms with van der Waals surface area (Å²) in [5.41, 5.74) is 5.11. The second kappa shape index (κ2) is 24.1. The van der Waals surface area contributed by atoms with Crippen LogP contribution in [0.1, 0.15) is 13.8 Å². The fraction of sp³-hybridized carbons (Fsp3) is 1.00. The number of hydrogen-bond acceptors (Lipinski definition) is 2. The van der Waals surface area contributed by atoms with Crippen molar-refractivity contribution in [3.63, 3.8) is 0 Å². The summed E-state index contributed by atoms with van der Waals surface area (Å²) in [6, 6.07) is 0.333. The summed E-state index contributed by atoms with van der Waals surface area (Å²) in [7, 11) is 0. The molecule has 0 spiro atoms. The second-order valence-electron chi connectivity index (χ2n) is 1.24. The van der Waals surface area contributed by atoms with Crippen LogP contribution in [0.15, 0.2) is 0 Å². The van der Waals surface area contributed by atoms with Gasteiger partial charge in [-0.15, -0.1) is 0 Å². The van der Waals surface area contributed by atoms with Gasteiger partial charge in [0.05, 0.1) is 0 Å². The average molecular weight is 342 g/mol. The topological polar surface area (TPSA) is 61.0 Å². The molecule has 0 saturated heterocycles. The van der Waals surface area contributed by atoms with Gasteiger partial charge < -0.3 is 36.7 Å². The molecular formula is C3H12Cl2N2Pt. The normalized spacial score (nSPS) is 4.50. The molecule has 2 nitrogen and oxygen atoms in total. The summed E-state index contributed by atoms with van der Waals surface area (Å²) in [6.45, 7) is 3.89. The molecule has 5 heteroatoms. The van der Waals surface area contributed by atoms with Crippen LogP contribution in [0, 0.1) is 0 Å². The molecule has 0 aromatic heterocycles. The molecule has 0 atom stereocenters. The van der Waals surface area contributed by atoms with Gasteiger partial charge in [-0.3, -0.25) is 0 Å². The minimum atomic E-state index is 0. The maximum absolute atomic E-state index is 5.11. The van der Waals surface area contributed by atoms with Crippen molar-refractivity contribution in [3.05, 3.63) is 0 Å². The quantitative estimate of drug-likeness (QED) is 0.462. The third kappa shape index (κ3) is 195. The zero-order chi connectivity index (χ0) is 3.58. The standard InChI is InChI=1S/C3H9N.2ClH.H3N.Pt/c1-3(2)4;;;;/h3H,4H2,1-2H3;2*1H;1H3;/q;;;;+2/p-2. The van der Waals surface area contributed by atoms with E-state index in [0.717, 1.165) is 0 Å². The Hall–Kier alpha value is 1.19. The van der Waals surface area contributed by atoms with Gasteiger partial charge in [0.1, 0.15) is 0 Å². The van der Waals surface area contributed by atoms with Crippen molar-refractivity contribution in [2.75, 3.05) is 0 Å². The number of halogens is 2. The van der Waals surface area contributed by atoms with E-state index in [4.69, 9.17) is 5.73 Å². The molecular weight excluding hydrogens is 330 g/mol. The van der Waals surface area contributed by atoms with Crippen LogP contribution in [0.25, 0.3) is 0 Å². The van der Waals surface area contributed by atoms with Crippen LogP contribution in [0.5, 0.6) is 0 Å². The van der Waals surface area contributed by atoms with Crippen molar-refractivity contribution in [2.24, 2.45) is 5.73 Å². The maximum atomic E-state index is 5.11. The summed E-state index contributed by atoms with van der Waals surface area (Å²) < 4.78 is 0. The van der Waals surface area contributed by atoms with Crippen LogP contribution < -0.4 is 36.7 Å². The molecule has 0 bridgehead atoms. The SMILES string of the molecule is CC(C)N.N.[Cl-].[Cl-].[Pt+2]. The van der Waals surface area contributed by atoms with Crippen molar-refractivity contribution in [3.8, 4) is 0 Å². The van der Waals surface area contributed by atoms with Crippen molar-refractivity contribution in [2.45, 2.75) is 19.9 Å². The van der Waals surface area contributed by atoms with Gasteiger partial charge in [0.2, 0.25) is 0 Å². The Balaban J connectivity index is -0.00000000750. The van der Waals surface area contributed by atoms with Crippen LogP contribution >= 0.6 is 0 Å². The zero-order valence-corrected chi connectivity index (χ0v) is 8.72. The van der Waals surface area contributed by atoms with Gasteiger partial charge in [0, 0.05) is 0 Å². The van der Waals surface area contributed by atoms with E-state index in [1.54, 1.807) is 0 Å². The predicted molar refractivity (Wildman–Crippen MR) is 24.3 cm³/mol. The van der Waals surface area contributed by atoms with E-state index in [2.05, 4.69) is 0 Å². The van der Waals surface area contributed by atoms with Crippen LogP contribution in [0.3, 0.4) is 0 Å². The van der Waals surface area contributed by atoms with Crippen LogP contribution in [0.4, 0.5) is 0 Å². The molecule has 0 heterocycles. The van der Waals surface area contributed by atoms with Gasteiger partial charge in [-0.2, -0.15) is 0 Å². The molecule has 0 amide bonds. The summed E-state index contributed by atoms with van der Waals surface area (Å²) >= 11 is 0. The molecule has 0 aromatic rings. The minimum Gasteiger partial charge on any atom is -1.00 e. The molecule has 0 radical (unpaired) electrons. The fourth-order valence-corrected chi connectivity index (χ4v) is 0. The third-order valence-corrected chi connectivity index (χ3v) is 0. The Morgan fingerprint density at radius 2 is 1.12 bits per heavy atom. The van der Waals surface area contributed by atoms with E-state index in [1.165, 1.54) is 0 Å². The smallest absolute Gasteiger partial charge is 1.00 e. The van der Waals surface area contributed by atoms with Gasteiger partial charge in [0.15, 0.2) is 0 Å². The number of hydrogen-bond donors (Lipinski definition) is 2. The van der Waals surface area contributed by atoms with E-state index in [-0.39, 0.29) is 52.0 Å².